The molecule has 0 bridgehead atoms. The molecule has 3 aromatic rings. The summed E-state index contributed by atoms with van der Waals surface area (Å²) in [5.41, 5.74) is 1.93. The van der Waals surface area contributed by atoms with Crippen molar-refractivity contribution < 1.29 is 13.2 Å². The first-order valence-corrected chi connectivity index (χ1v) is 11.8. The van der Waals surface area contributed by atoms with Gasteiger partial charge < -0.3 is 9.88 Å². The Bertz CT molecular complexity index is 1120. The fraction of sp³-hybridized carbons (Fsp3) is 0.278. The number of H-pyrrole nitrogens is 1. The minimum atomic E-state index is -3.11. The van der Waals surface area contributed by atoms with E-state index in [4.69, 9.17) is 11.6 Å². The number of hydrogen-bond acceptors (Lipinski definition) is 6. The predicted octanol–water partition coefficient (Wildman–Crippen LogP) is 2.92. The number of aromatic nitrogens is 3. The number of aromatic amines is 1. The van der Waals surface area contributed by atoms with E-state index < -0.39 is 9.84 Å². The van der Waals surface area contributed by atoms with E-state index in [1.54, 1.807) is 11.0 Å². The summed E-state index contributed by atoms with van der Waals surface area (Å²) in [5.74, 6) is 0.0617. The number of imidazole rings is 1. The van der Waals surface area contributed by atoms with Crippen molar-refractivity contribution in [1.82, 2.24) is 15.0 Å². The van der Waals surface area contributed by atoms with E-state index in [1.165, 1.54) is 18.0 Å². The van der Waals surface area contributed by atoms with Crippen LogP contribution in [0.5, 0.6) is 0 Å². The van der Waals surface area contributed by atoms with Crippen molar-refractivity contribution in [3.05, 3.63) is 47.6 Å². The number of fused-ring (bicyclic) bond motifs is 1. The van der Waals surface area contributed by atoms with Crippen LogP contribution in [0.2, 0.25) is 5.02 Å². The topological polar surface area (TPSA) is 96.0 Å². The van der Waals surface area contributed by atoms with Gasteiger partial charge >= 0.3 is 0 Å². The highest BCUT2D eigenvalue weighted by Crippen LogP contribution is 2.27. The summed E-state index contributed by atoms with van der Waals surface area (Å²) in [5, 5.41) is 1.06. The largest absolute Gasteiger partial charge is 0.331 e. The van der Waals surface area contributed by atoms with Crippen molar-refractivity contribution in [2.75, 3.05) is 22.2 Å². The highest BCUT2D eigenvalue weighted by Gasteiger charge is 2.35. The number of carbonyl (C=O) groups is 1. The summed E-state index contributed by atoms with van der Waals surface area (Å²) in [6, 6.07) is 10.5. The van der Waals surface area contributed by atoms with E-state index in [0.717, 1.165) is 0 Å². The SMILES string of the molecule is O=C(CSc1nc2ncc(Cl)cc2[nH]1)N(c1ccccc1)[C@H]1CCS(=O)(=O)C1. The maximum atomic E-state index is 13.0. The van der Waals surface area contributed by atoms with Gasteiger partial charge in [-0.2, -0.15) is 0 Å². The number of pyridine rings is 1. The van der Waals surface area contributed by atoms with E-state index >= 15 is 0 Å². The van der Waals surface area contributed by atoms with Gasteiger partial charge in [0.15, 0.2) is 20.6 Å². The number of nitrogens with zero attached hydrogens (tertiary/aromatic N) is 3. The first-order chi connectivity index (χ1) is 13.4. The van der Waals surface area contributed by atoms with Crippen molar-refractivity contribution in [1.29, 1.82) is 0 Å². The summed E-state index contributed by atoms with van der Waals surface area (Å²) in [4.78, 5) is 26.2. The second-order valence-corrected chi connectivity index (χ2v) is 10.1. The molecule has 1 fully saturated rings. The highest BCUT2D eigenvalue weighted by atomic mass is 35.5. The normalized spacial score (nSPS) is 18.4. The third kappa shape index (κ3) is 4.16. The van der Waals surface area contributed by atoms with Crippen LogP contribution >= 0.6 is 23.4 Å². The average Bonchev–Trinajstić information content (AvgIpc) is 3.23. The number of para-hydroxylation sites is 1. The Labute approximate surface area is 171 Å². The van der Waals surface area contributed by atoms with Crippen molar-refractivity contribution >= 4 is 56.0 Å². The van der Waals surface area contributed by atoms with E-state index in [9.17, 15) is 13.2 Å². The predicted molar refractivity (Wildman–Crippen MR) is 111 cm³/mol. The third-order valence-electron chi connectivity index (χ3n) is 4.49. The minimum Gasteiger partial charge on any atom is -0.331 e. The van der Waals surface area contributed by atoms with Crippen molar-refractivity contribution in [3.63, 3.8) is 0 Å². The fourth-order valence-electron chi connectivity index (χ4n) is 3.25. The van der Waals surface area contributed by atoms with Gasteiger partial charge in [-0.3, -0.25) is 4.79 Å². The van der Waals surface area contributed by atoms with Crippen LogP contribution in [0, 0.1) is 0 Å². The molecule has 7 nitrogen and oxygen atoms in total. The van der Waals surface area contributed by atoms with Gasteiger partial charge in [0.05, 0.1) is 33.8 Å². The quantitative estimate of drug-likeness (QED) is 0.618. The molecule has 0 radical (unpaired) electrons. The maximum absolute atomic E-state index is 13.0. The van der Waals surface area contributed by atoms with Gasteiger partial charge in [0.25, 0.3) is 0 Å². The van der Waals surface area contributed by atoms with Gasteiger partial charge in [0.2, 0.25) is 5.91 Å². The zero-order chi connectivity index (χ0) is 19.7. The lowest BCUT2D eigenvalue weighted by atomic mass is 10.2. The lowest BCUT2D eigenvalue weighted by Gasteiger charge is -2.28. The molecule has 1 aliphatic rings. The van der Waals surface area contributed by atoms with Gasteiger partial charge in [-0.25, -0.2) is 18.4 Å². The number of halogens is 1. The van der Waals surface area contributed by atoms with Gasteiger partial charge in [0, 0.05) is 11.9 Å². The number of sulfone groups is 1. The second-order valence-electron chi connectivity index (χ2n) is 6.51. The molecule has 1 atom stereocenters. The Hall–Kier alpha value is -2.10. The molecule has 1 amide bonds. The molecule has 10 heteroatoms. The number of amides is 1. The number of thioether (sulfide) groups is 1. The molecular formula is C18H17ClN4O3S2. The molecule has 146 valence electrons. The summed E-state index contributed by atoms with van der Waals surface area (Å²) in [6.45, 7) is 0. The Morgan fingerprint density at radius 1 is 1.32 bits per heavy atom. The summed E-state index contributed by atoms with van der Waals surface area (Å²) in [6.07, 6.45) is 1.96. The Balaban J connectivity index is 1.53. The van der Waals surface area contributed by atoms with Crippen molar-refractivity contribution in [2.24, 2.45) is 0 Å². The van der Waals surface area contributed by atoms with Crippen LogP contribution in [0.25, 0.3) is 11.2 Å². The number of nitrogens with one attached hydrogen (secondary N) is 1. The second kappa shape index (κ2) is 7.73. The molecule has 0 aliphatic carbocycles. The van der Waals surface area contributed by atoms with Crippen LogP contribution in [-0.2, 0) is 14.6 Å². The number of rotatable bonds is 5. The average molecular weight is 437 g/mol. The van der Waals surface area contributed by atoms with Crippen LogP contribution in [0.3, 0.4) is 0 Å². The van der Waals surface area contributed by atoms with Crippen LogP contribution in [0.1, 0.15) is 6.42 Å². The standard InChI is InChI=1S/C18H17ClN4O3S2/c19-12-8-15-17(20-9-12)22-18(21-15)27-10-16(24)23(13-4-2-1-3-5-13)14-6-7-28(25,26)11-14/h1-5,8-9,14H,6-7,10-11H2,(H,20,21,22)/t14-/m0/s1. The number of hydrogen-bond donors (Lipinski definition) is 1. The maximum Gasteiger partial charge on any atom is 0.237 e. The Kier molecular flexibility index (Phi) is 5.31. The summed E-state index contributed by atoms with van der Waals surface area (Å²) < 4.78 is 23.9. The van der Waals surface area contributed by atoms with E-state index in [2.05, 4.69) is 15.0 Å². The van der Waals surface area contributed by atoms with E-state index in [0.29, 0.717) is 33.5 Å². The zero-order valence-electron chi connectivity index (χ0n) is 14.7. The van der Waals surface area contributed by atoms with Crippen molar-refractivity contribution in [3.8, 4) is 0 Å². The monoisotopic (exact) mass is 436 g/mol. The first kappa shape index (κ1) is 19.2. The van der Waals surface area contributed by atoms with Crippen LogP contribution in [0.4, 0.5) is 5.69 Å². The lowest BCUT2D eigenvalue weighted by Crippen LogP contribution is -2.42. The molecule has 0 unspecified atom stereocenters. The molecule has 0 saturated carbocycles. The molecular weight excluding hydrogens is 420 g/mol. The van der Waals surface area contributed by atoms with E-state index in [1.807, 2.05) is 30.3 Å². The first-order valence-electron chi connectivity index (χ1n) is 8.63. The van der Waals surface area contributed by atoms with Crippen LogP contribution in [0.15, 0.2) is 47.8 Å². The highest BCUT2D eigenvalue weighted by molar-refractivity contribution is 7.99. The van der Waals surface area contributed by atoms with Crippen LogP contribution in [-0.4, -0.2) is 52.6 Å². The molecule has 1 aromatic carbocycles. The molecule has 1 saturated heterocycles. The fourth-order valence-corrected chi connectivity index (χ4v) is 5.84. The smallest absolute Gasteiger partial charge is 0.237 e. The van der Waals surface area contributed by atoms with Gasteiger partial charge in [-0.05, 0) is 24.6 Å². The molecule has 28 heavy (non-hydrogen) atoms. The molecule has 1 aliphatic heterocycles. The number of anilines is 1. The minimum absolute atomic E-state index is 0.00857. The number of carbonyl (C=O) groups excluding carboxylic acids is 1. The molecule has 2 aromatic heterocycles. The third-order valence-corrected chi connectivity index (χ3v) is 7.31. The number of benzene rings is 1. The molecule has 0 spiro atoms. The summed E-state index contributed by atoms with van der Waals surface area (Å²) in [7, 11) is -3.11. The Morgan fingerprint density at radius 3 is 2.82 bits per heavy atom. The van der Waals surface area contributed by atoms with Gasteiger partial charge in [-0.15, -0.1) is 0 Å². The van der Waals surface area contributed by atoms with Crippen molar-refractivity contribution in [2.45, 2.75) is 17.6 Å². The molecule has 3 heterocycles. The molecule has 1 N–H and O–H groups in total. The summed E-state index contributed by atoms with van der Waals surface area (Å²) >= 11 is 7.19. The van der Waals surface area contributed by atoms with Gasteiger partial charge in [0.1, 0.15) is 0 Å². The Morgan fingerprint density at radius 2 is 2.11 bits per heavy atom. The van der Waals surface area contributed by atoms with E-state index in [-0.39, 0.29) is 29.2 Å². The molecule has 4 rings (SSSR count). The lowest BCUT2D eigenvalue weighted by molar-refractivity contribution is -0.116. The zero-order valence-corrected chi connectivity index (χ0v) is 17.1. The van der Waals surface area contributed by atoms with Crippen LogP contribution < -0.4 is 4.90 Å². The van der Waals surface area contributed by atoms with Gasteiger partial charge in [-0.1, -0.05) is 41.6 Å².